The number of carbonyl (C=O) groups excluding carboxylic acids is 1. The summed E-state index contributed by atoms with van der Waals surface area (Å²) in [5.74, 6) is -0.334. The van der Waals surface area contributed by atoms with E-state index in [0.29, 0.717) is 36.7 Å². The lowest BCUT2D eigenvalue weighted by Crippen LogP contribution is -2.49. The molecule has 8 heteroatoms. The number of nitrogens with two attached hydrogens (primary N) is 1. The van der Waals surface area contributed by atoms with Gasteiger partial charge in [0.25, 0.3) is 11.5 Å². The van der Waals surface area contributed by atoms with E-state index >= 15 is 0 Å². The Morgan fingerprint density at radius 2 is 1.93 bits per heavy atom. The van der Waals surface area contributed by atoms with Gasteiger partial charge in [0.05, 0.1) is 11.3 Å². The van der Waals surface area contributed by atoms with Crippen molar-refractivity contribution in [1.82, 2.24) is 19.4 Å². The Labute approximate surface area is 172 Å². The molecule has 152 valence electrons. The third-order valence-electron chi connectivity index (χ3n) is 5.93. The highest BCUT2D eigenvalue weighted by Crippen LogP contribution is 2.37. The second kappa shape index (κ2) is 7.05. The normalized spacial score (nSPS) is 20.0. The maximum absolute atomic E-state index is 14.1. The van der Waals surface area contributed by atoms with Crippen molar-refractivity contribution in [3.8, 4) is 11.3 Å². The summed E-state index contributed by atoms with van der Waals surface area (Å²) in [6.45, 7) is 1.50. The maximum Gasteiger partial charge on any atom is 0.256 e. The molecule has 30 heavy (non-hydrogen) atoms. The average Bonchev–Trinajstić information content (AvgIpc) is 2.74. The summed E-state index contributed by atoms with van der Waals surface area (Å²) in [4.78, 5) is 35.6. The fourth-order valence-electron chi connectivity index (χ4n) is 4.61. The van der Waals surface area contributed by atoms with E-state index in [1.54, 1.807) is 33.7 Å². The number of piperidine rings is 1. The highest BCUT2D eigenvalue weighted by molar-refractivity contribution is 5.94. The lowest BCUT2D eigenvalue weighted by molar-refractivity contribution is 0.0590. The van der Waals surface area contributed by atoms with Gasteiger partial charge in [0.1, 0.15) is 18.0 Å². The minimum atomic E-state index is -0.515. The van der Waals surface area contributed by atoms with E-state index in [0.717, 1.165) is 12.1 Å². The van der Waals surface area contributed by atoms with Gasteiger partial charge in [-0.3, -0.25) is 9.59 Å². The summed E-state index contributed by atoms with van der Waals surface area (Å²) in [5.41, 5.74) is 7.88. The maximum atomic E-state index is 14.1. The van der Waals surface area contributed by atoms with Crippen LogP contribution >= 0.6 is 0 Å². The van der Waals surface area contributed by atoms with Gasteiger partial charge in [0.2, 0.25) is 0 Å². The highest BCUT2D eigenvalue weighted by Gasteiger charge is 2.37. The summed E-state index contributed by atoms with van der Waals surface area (Å²) >= 11 is 0. The Balaban J connectivity index is 1.50. The van der Waals surface area contributed by atoms with Gasteiger partial charge in [-0.15, -0.1) is 0 Å². The molecule has 0 saturated carbocycles. The van der Waals surface area contributed by atoms with Crippen LogP contribution in [0.1, 0.15) is 28.4 Å². The molecule has 0 aliphatic carbocycles. The number of pyridine rings is 1. The van der Waals surface area contributed by atoms with E-state index in [1.165, 1.54) is 18.5 Å². The summed E-state index contributed by atoms with van der Waals surface area (Å²) in [6, 6.07) is 11.2. The Kier molecular flexibility index (Phi) is 4.34. The Morgan fingerprint density at radius 3 is 2.73 bits per heavy atom. The van der Waals surface area contributed by atoms with E-state index in [4.69, 9.17) is 5.73 Å². The second-order valence-electron chi connectivity index (χ2n) is 7.93. The van der Waals surface area contributed by atoms with Crippen LogP contribution in [0.3, 0.4) is 0 Å². The smallest absolute Gasteiger partial charge is 0.256 e. The van der Waals surface area contributed by atoms with Crippen molar-refractivity contribution in [1.29, 1.82) is 0 Å². The molecule has 2 bridgehead atoms. The SMILES string of the molecule is Nc1cc(-c2cc3n(c(=O)c2)C[C@H]2C[C@@H]3CN(C(=O)c3ccccc3F)C2)ncn1. The van der Waals surface area contributed by atoms with Crippen LogP contribution in [-0.2, 0) is 6.54 Å². The number of fused-ring (bicyclic) bond motifs is 4. The van der Waals surface area contributed by atoms with Crippen molar-refractivity contribution >= 4 is 11.7 Å². The zero-order valence-electron chi connectivity index (χ0n) is 16.2. The molecule has 1 saturated heterocycles. The first-order valence-corrected chi connectivity index (χ1v) is 9.86. The molecule has 3 aromatic rings. The fourth-order valence-corrected chi connectivity index (χ4v) is 4.61. The molecule has 7 nitrogen and oxygen atoms in total. The predicted molar refractivity (Wildman–Crippen MR) is 109 cm³/mol. The second-order valence-corrected chi connectivity index (χ2v) is 7.93. The van der Waals surface area contributed by atoms with Gasteiger partial charge in [0.15, 0.2) is 0 Å². The molecule has 2 aliphatic rings. The van der Waals surface area contributed by atoms with E-state index in [-0.39, 0.29) is 28.9 Å². The number of anilines is 1. The summed E-state index contributed by atoms with van der Waals surface area (Å²) in [7, 11) is 0. The lowest BCUT2D eigenvalue weighted by atomic mass is 9.82. The van der Waals surface area contributed by atoms with E-state index in [9.17, 15) is 14.0 Å². The first-order valence-electron chi connectivity index (χ1n) is 9.86. The number of halogens is 1. The van der Waals surface area contributed by atoms with Crippen LogP contribution < -0.4 is 11.3 Å². The molecular weight excluding hydrogens is 385 g/mol. The number of nitrogen functional groups attached to an aromatic ring is 1. The fraction of sp³-hybridized carbons (Fsp3) is 0.273. The van der Waals surface area contributed by atoms with Crippen molar-refractivity contribution in [2.75, 3.05) is 18.8 Å². The van der Waals surface area contributed by atoms with E-state index in [2.05, 4.69) is 9.97 Å². The molecule has 5 rings (SSSR count). The number of amides is 1. The van der Waals surface area contributed by atoms with E-state index in [1.807, 2.05) is 6.07 Å². The van der Waals surface area contributed by atoms with Crippen LogP contribution in [-0.4, -0.2) is 38.4 Å². The van der Waals surface area contributed by atoms with Gasteiger partial charge < -0.3 is 15.2 Å². The number of nitrogens with zero attached hydrogens (tertiary/aromatic N) is 4. The van der Waals surface area contributed by atoms with Gasteiger partial charge in [-0.2, -0.15) is 0 Å². The number of hydrogen-bond acceptors (Lipinski definition) is 5. The Hall–Kier alpha value is -3.55. The zero-order chi connectivity index (χ0) is 20.8. The molecule has 4 heterocycles. The van der Waals surface area contributed by atoms with Crippen molar-refractivity contribution < 1.29 is 9.18 Å². The van der Waals surface area contributed by atoms with Crippen LogP contribution in [0.2, 0.25) is 0 Å². The third kappa shape index (κ3) is 3.14. The van der Waals surface area contributed by atoms with E-state index < -0.39 is 5.82 Å². The molecule has 1 fully saturated rings. The molecular formula is C22H20FN5O2. The first kappa shape index (κ1) is 18.5. The van der Waals surface area contributed by atoms with Crippen LogP contribution in [0, 0.1) is 11.7 Å². The topological polar surface area (TPSA) is 94.1 Å². The van der Waals surface area contributed by atoms with Crippen molar-refractivity contribution in [3.63, 3.8) is 0 Å². The number of rotatable bonds is 2. The average molecular weight is 405 g/mol. The number of carbonyl (C=O) groups is 1. The Morgan fingerprint density at radius 1 is 1.10 bits per heavy atom. The summed E-state index contributed by atoms with van der Waals surface area (Å²) < 4.78 is 15.9. The molecule has 2 aliphatic heterocycles. The summed E-state index contributed by atoms with van der Waals surface area (Å²) in [6.07, 6.45) is 2.25. The minimum absolute atomic E-state index is 0.0000534. The van der Waals surface area contributed by atoms with Gasteiger partial charge >= 0.3 is 0 Å². The predicted octanol–water partition coefficient (Wildman–Crippen LogP) is 2.29. The number of benzene rings is 1. The first-order chi connectivity index (χ1) is 14.5. The molecule has 2 N–H and O–H groups in total. The number of hydrogen-bond donors (Lipinski definition) is 1. The van der Waals surface area contributed by atoms with Crippen LogP contribution in [0.15, 0.2) is 53.6 Å². The van der Waals surface area contributed by atoms with Crippen LogP contribution in [0.25, 0.3) is 11.3 Å². The van der Waals surface area contributed by atoms with Gasteiger partial charge in [-0.05, 0) is 30.5 Å². The third-order valence-corrected chi connectivity index (χ3v) is 5.93. The monoisotopic (exact) mass is 405 g/mol. The Bertz CT molecular complexity index is 1210. The molecule has 1 amide bonds. The molecule has 0 spiro atoms. The van der Waals surface area contributed by atoms with Gasteiger partial charge in [-0.1, -0.05) is 12.1 Å². The van der Waals surface area contributed by atoms with Crippen molar-refractivity contribution in [2.24, 2.45) is 5.92 Å². The standard InChI is InChI=1S/C22H20FN5O2/c23-17-4-2-1-3-16(17)22(30)27-9-13-5-15(11-27)19-6-14(7-21(29)28(19)10-13)18-8-20(24)26-12-25-18/h1-4,6-8,12-13,15H,5,9-11H2,(H2,24,25,26)/t13-,15+/m0/s1. The van der Waals surface area contributed by atoms with Crippen molar-refractivity contribution in [3.05, 3.63) is 76.2 Å². The highest BCUT2D eigenvalue weighted by atomic mass is 19.1. The molecule has 2 aromatic heterocycles. The van der Waals surface area contributed by atoms with Crippen molar-refractivity contribution in [2.45, 2.75) is 18.9 Å². The molecule has 0 unspecified atom stereocenters. The number of aromatic nitrogens is 3. The molecule has 0 radical (unpaired) electrons. The van der Waals surface area contributed by atoms with Gasteiger partial charge in [0, 0.05) is 48.9 Å². The zero-order valence-corrected chi connectivity index (χ0v) is 16.2. The van der Waals surface area contributed by atoms with Crippen LogP contribution in [0.5, 0.6) is 0 Å². The lowest BCUT2D eigenvalue weighted by Gasteiger charge is -2.43. The number of likely N-dealkylation sites (tertiary alicyclic amines) is 1. The van der Waals surface area contributed by atoms with Gasteiger partial charge in [-0.25, -0.2) is 14.4 Å². The summed E-state index contributed by atoms with van der Waals surface area (Å²) in [5, 5.41) is 0. The minimum Gasteiger partial charge on any atom is -0.384 e. The molecule has 1 aromatic carbocycles. The molecule has 2 atom stereocenters. The van der Waals surface area contributed by atoms with Crippen LogP contribution in [0.4, 0.5) is 10.2 Å². The quantitative estimate of drug-likeness (QED) is 0.706. The largest absolute Gasteiger partial charge is 0.384 e.